The summed E-state index contributed by atoms with van der Waals surface area (Å²) in [5.41, 5.74) is -1.03. The highest BCUT2D eigenvalue weighted by molar-refractivity contribution is 5.15. The Balaban J connectivity index is 3.16. The molecule has 1 aromatic rings. The highest BCUT2D eigenvalue weighted by atomic mass is 19.4. The van der Waals surface area contributed by atoms with Gasteiger partial charge in [0.1, 0.15) is 5.69 Å². The van der Waals surface area contributed by atoms with Crippen LogP contribution >= 0.6 is 0 Å². The molecule has 0 radical (unpaired) electrons. The van der Waals surface area contributed by atoms with Gasteiger partial charge < -0.3 is 0 Å². The van der Waals surface area contributed by atoms with Crippen LogP contribution in [-0.2, 0) is 13.0 Å². The minimum Gasteiger partial charge on any atom is -0.272 e. The van der Waals surface area contributed by atoms with Crippen molar-refractivity contribution < 1.29 is 22.0 Å². The molecule has 0 aliphatic rings. The van der Waals surface area contributed by atoms with Crippen molar-refractivity contribution in [3.63, 3.8) is 0 Å². The van der Waals surface area contributed by atoms with E-state index in [9.17, 15) is 22.0 Å². The van der Waals surface area contributed by atoms with Crippen molar-refractivity contribution in [3.05, 3.63) is 17.5 Å². The molecule has 0 fully saturated rings. The lowest BCUT2D eigenvalue weighted by Gasteiger charge is -2.16. The number of alkyl halides is 5. The molecule has 0 saturated heterocycles. The molecule has 0 saturated carbocycles. The summed E-state index contributed by atoms with van der Waals surface area (Å²) < 4.78 is 61.9. The van der Waals surface area contributed by atoms with E-state index in [2.05, 4.69) is 5.10 Å². The van der Waals surface area contributed by atoms with E-state index in [4.69, 9.17) is 0 Å². The van der Waals surface area contributed by atoms with E-state index in [-0.39, 0.29) is 5.69 Å². The van der Waals surface area contributed by atoms with Crippen LogP contribution in [0.25, 0.3) is 0 Å². The fraction of sp³-hybridized carbons (Fsp3) is 0.571. The third-order valence-electron chi connectivity index (χ3n) is 1.79. The maximum atomic E-state index is 12.7. The zero-order valence-corrected chi connectivity index (χ0v) is 7.36. The second kappa shape index (κ2) is 2.93. The Bertz CT molecular complexity index is 319. The van der Waals surface area contributed by atoms with Crippen molar-refractivity contribution in [1.82, 2.24) is 9.78 Å². The molecular formula is C7H7F5N2. The molecule has 1 aromatic heterocycles. The molecule has 7 heteroatoms. The number of hydrogen-bond donors (Lipinski definition) is 0. The Labute approximate surface area is 76.3 Å². The zero-order chi connectivity index (χ0) is 11.1. The maximum absolute atomic E-state index is 12.7. The van der Waals surface area contributed by atoms with E-state index in [1.54, 1.807) is 0 Å². The number of rotatable bonds is 1. The second-order valence-electron chi connectivity index (χ2n) is 2.87. The van der Waals surface area contributed by atoms with Crippen molar-refractivity contribution >= 4 is 0 Å². The Morgan fingerprint density at radius 1 is 1.21 bits per heavy atom. The SMILES string of the molecule is Cc1cc(C(F)(F)C(F)(F)F)nn1C. The molecule has 0 aromatic carbocycles. The standard InChI is InChI=1S/C7H7F5N2/c1-4-3-5(13-14(4)2)6(8,9)7(10,11)12/h3H,1-2H3. The van der Waals surface area contributed by atoms with Crippen LogP contribution in [0.3, 0.4) is 0 Å². The Kier molecular flexibility index (Phi) is 2.29. The van der Waals surface area contributed by atoms with Gasteiger partial charge in [-0.05, 0) is 13.0 Å². The largest absolute Gasteiger partial charge is 0.459 e. The summed E-state index contributed by atoms with van der Waals surface area (Å²) in [4.78, 5) is 0. The third kappa shape index (κ3) is 1.58. The summed E-state index contributed by atoms with van der Waals surface area (Å²) in [7, 11) is 1.30. The summed E-state index contributed by atoms with van der Waals surface area (Å²) in [6.45, 7) is 1.39. The molecule has 1 heterocycles. The van der Waals surface area contributed by atoms with Crippen molar-refractivity contribution in [2.75, 3.05) is 0 Å². The van der Waals surface area contributed by atoms with Gasteiger partial charge in [-0.25, -0.2) is 0 Å². The van der Waals surface area contributed by atoms with Gasteiger partial charge in [0.15, 0.2) is 0 Å². The van der Waals surface area contributed by atoms with E-state index < -0.39 is 17.8 Å². The Morgan fingerprint density at radius 3 is 2.00 bits per heavy atom. The average molecular weight is 214 g/mol. The molecule has 2 nitrogen and oxygen atoms in total. The fourth-order valence-corrected chi connectivity index (χ4v) is 0.859. The number of nitrogens with zero attached hydrogens (tertiary/aromatic N) is 2. The van der Waals surface area contributed by atoms with Gasteiger partial charge in [0.25, 0.3) is 0 Å². The Morgan fingerprint density at radius 2 is 1.71 bits per heavy atom. The van der Waals surface area contributed by atoms with E-state index in [1.165, 1.54) is 14.0 Å². The number of hydrogen-bond acceptors (Lipinski definition) is 1. The molecule has 0 aliphatic carbocycles. The maximum Gasteiger partial charge on any atom is 0.459 e. The smallest absolute Gasteiger partial charge is 0.272 e. The molecule has 0 aliphatic heterocycles. The van der Waals surface area contributed by atoms with Crippen LogP contribution in [0, 0.1) is 6.92 Å². The highest BCUT2D eigenvalue weighted by Gasteiger charge is 2.60. The molecule has 0 N–H and O–H groups in total. The fourth-order valence-electron chi connectivity index (χ4n) is 0.859. The summed E-state index contributed by atoms with van der Waals surface area (Å²) in [5.74, 6) is -4.89. The number of aryl methyl sites for hydroxylation is 2. The first kappa shape index (κ1) is 10.9. The van der Waals surface area contributed by atoms with Gasteiger partial charge in [0.05, 0.1) is 0 Å². The summed E-state index contributed by atoms with van der Waals surface area (Å²) in [5, 5.41) is 3.10. The van der Waals surface area contributed by atoms with Crippen molar-refractivity contribution in [2.24, 2.45) is 7.05 Å². The Hall–Kier alpha value is -1.14. The van der Waals surface area contributed by atoms with Gasteiger partial charge >= 0.3 is 12.1 Å². The first-order valence-electron chi connectivity index (χ1n) is 3.62. The van der Waals surface area contributed by atoms with Gasteiger partial charge in [-0.3, -0.25) is 4.68 Å². The topological polar surface area (TPSA) is 17.8 Å². The predicted molar refractivity (Wildman–Crippen MR) is 37.9 cm³/mol. The second-order valence-corrected chi connectivity index (χ2v) is 2.87. The van der Waals surface area contributed by atoms with Crippen LogP contribution in [-0.4, -0.2) is 16.0 Å². The molecule has 14 heavy (non-hydrogen) atoms. The summed E-state index contributed by atoms with van der Waals surface area (Å²) in [6.07, 6.45) is -5.60. The van der Waals surface area contributed by atoms with Gasteiger partial charge in [-0.1, -0.05) is 0 Å². The lowest BCUT2D eigenvalue weighted by atomic mass is 10.2. The number of aromatic nitrogens is 2. The molecule has 0 unspecified atom stereocenters. The van der Waals surface area contributed by atoms with Crippen LogP contribution < -0.4 is 0 Å². The molecule has 1 rings (SSSR count). The molecular weight excluding hydrogens is 207 g/mol. The van der Waals surface area contributed by atoms with Gasteiger partial charge in [-0.2, -0.15) is 27.1 Å². The zero-order valence-electron chi connectivity index (χ0n) is 7.36. The minimum absolute atomic E-state index is 0.240. The molecule has 80 valence electrons. The van der Waals surface area contributed by atoms with E-state index in [0.717, 1.165) is 4.68 Å². The minimum atomic E-state index is -5.60. The summed E-state index contributed by atoms with van der Waals surface area (Å²) >= 11 is 0. The van der Waals surface area contributed by atoms with Crippen LogP contribution in [0.4, 0.5) is 22.0 Å². The first-order valence-corrected chi connectivity index (χ1v) is 3.62. The van der Waals surface area contributed by atoms with E-state index in [0.29, 0.717) is 6.07 Å². The monoisotopic (exact) mass is 214 g/mol. The lowest BCUT2D eigenvalue weighted by Crippen LogP contribution is -2.34. The lowest BCUT2D eigenvalue weighted by molar-refractivity contribution is -0.291. The van der Waals surface area contributed by atoms with E-state index >= 15 is 0 Å². The van der Waals surface area contributed by atoms with Crippen molar-refractivity contribution in [3.8, 4) is 0 Å². The molecule has 0 spiro atoms. The van der Waals surface area contributed by atoms with Crippen molar-refractivity contribution in [2.45, 2.75) is 19.0 Å². The van der Waals surface area contributed by atoms with Crippen LogP contribution in [0.1, 0.15) is 11.4 Å². The quantitative estimate of drug-likeness (QED) is 0.656. The third-order valence-corrected chi connectivity index (χ3v) is 1.79. The van der Waals surface area contributed by atoms with Gasteiger partial charge in [0.2, 0.25) is 0 Å². The van der Waals surface area contributed by atoms with Crippen molar-refractivity contribution in [1.29, 1.82) is 0 Å². The predicted octanol–water partition coefficient (Wildman–Crippen LogP) is 2.38. The average Bonchev–Trinajstić information content (AvgIpc) is 2.30. The summed E-state index contributed by atoms with van der Waals surface area (Å²) in [6, 6.07) is 0.716. The van der Waals surface area contributed by atoms with Gasteiger partial charge in [0, 0.05) is 12.7 Å². The number of halogens is 5. The normalized spacial score (nSPS) is 13.4. The molecule has 0 amide bonds. The molecule has 0 bridgehead atoms. The first-order chi connectivity index (χ1) is 6.16. The van der Waals surface area contributed by atoms with E-state index in [1.807, 2.05) is 0 Å². The highest BCUT2D eigenvalue weighted by Crippen LogP contribution is 2.43. The van der Waals surface area contributed by atoms with Crippen LogP contribution in [0.2, 0.25) is 0 Å². The van der Waals surface area contributed by atoms with Crippen LogP contribution in [0.15, 0.2) is 6.07 Å². The van der Waals surface area contributed by atoms with Crippen LogP contribution in [0.5, 0.6) is 0 Å². The van der Waals surface area contributed by atoms with Gasteiger partial charge in [-0.15, -0.1) is 0 Å². The molecule has 0 atom stereocenters.